The van der Waals surface area contributed by atoms with E-state index in [0.717, 1.165) is 51.6 Å². The first-order chi connectivity index (χ1) is 9.15. The zero-order valence-electron chi connectivity index (χ0n) is 12.5. The highest BCUT2D eigenvalue weighted by Gasteiger charge is 2.37. The zero-order valence-corrected chi connectivity index (χ0v) is 13.5. The molecule has 0 aromatic rings. The van der Waals surface area contributed by atoms with Crippen molar-refractivity contribution in [3.63, 3.8) is 0 Å². The van der Waals surface area contributed by atoms with E-state index in [1.807, 2.05) is 0 Å². The summed E-state index contributed by atoms with van der Waals surface area (Å²) in [5, 5.41) is 3.35. The number of piperazine rings is 1. The lowest BCUT2D eigenvalue weighted by Gasteiger charge is -2.30. The van der Waals surface area contributed by atoms with Crippen LogP contribution in [0.15, 0.2) is 0 Å². The van der Waals surface area contributed by atoms with E-state index < -0.39 is 8.80 Å². The van der Waals surface area contributed by atoms with Crippen LogP contribution in [0.5, 0.6) is 0 Å². The summed E-state index contributed by atoms with van der Waals surface area (Å²) in [5.74, 6) is 0. The van der Waals surface area contributed by atoms with Crippen LogP contribution in [0.3, 0.4) is 0 Å². The predicted molar refractivity (Wildman–Crippen MR) is 78.1 cm³/mol. The molecule has 0 bridgehead atoms. The SMILES string of the molecule is CO[Si](CCCC(N)CN1CCNCC1)(OC)OC. The summed E-state index contributed by atoms with van der Waals surface area (Å²) in [4.78, 5) is 2.43. The van der Waals surface area contributed by atoms with E-state index in [4.69, 9.17) is 19.0 Å². The molecular weight excluding hydrogens is 262 g/mol. The van der Waals surface area contributed by atoms with Crippen LogP contribution < -0.4 is 11.1 Å². The van der Waals surface area contributed by atoms with Gasteiger partial charge in [-0.2, -0.15) is 0 Å². The highest BCUT2D eigenvalue weighted by Crippen LogP contribution is 2.17. The van der Waals surface area contributed by atoms with Crippen LogP contribution in [-0.4, -0.2) is 73.8 Å². The Labute approximate surface area is 117 Å². The van der Waals surface area contributed by atoms with Crippen molar-refractivity contribution < 1.29 is 13.3 Å². The number of rotatable bonds is 9. The fraction of sp³-hybridized carbons (Fsp3) is 1.00. The molecule has 6 nitrogen and oxygen atoms in total. The Balaban J connectivity index is 2.20. The van der Waals surface area contributed by atoms with Gasteiger partial charge < -0.3 is 24.3 Å². The van der Waals surface area contributed by atoms with Gasteiger partial charge in [0, 0.05) is 66.1 Å². The molecular formula is C12H29N3O3Si. The largest absolute Gasteiger partial charge is 0.500 e. The van der Waals surface area contributed by atoms with Crippen LogP contribution in [0.1, 0.15) is 12.8 Å². The van der Waals surface area contributed by atoms with Crippen LogP contribution >= 0.6 is 0 Å². The summed E-state index contributed by atoms with van der Waals surface area (Å²) in [6, 6.07) is 1.04. The maximum atomic E-state index is 6.19. The van der Waals surface area contributed by atoms with Gasteiger partial charge in [0.25, 0.3) is 0 Å². The molecule has 1 atom stereocenters. The molecule has 1 fully saturated rings. The van der Waals surface area contributed by atoms with Crippen LogP contribution in [0.25, 0.3) is 0 Å². The smallest absolute Gasteiger partial charge is 0.377 e. The van der Waals surface area contributed by atoms with Gasteiger partial charge in [-0.1, -0.05) is 0 Å². The fourth-order valence-corrected chi connectivity index (χ4v) is 4.20. The first-order valence-corrected chi connectivity index (χ1v) is 8.93. The van der Waals surface area contributed by atoms with Crippen molar-refractivity contribution in [1.82, 2.24) is 10.2 Å². The van der Waals surface area contributed by atoms with E-state index in [-0.39, 0.29) is 6.04 Å². The summed E-state index contributed by atoms with van der Waals surface area (Å²) >= 11 is 0. The second-order valence-electron chi connectivity index (χ2n) is 5.00. The Morgan fingerprint density at radius 2 is 1.74 bits per heavy atom. The predicted octanol–water partition coefficient (Wildman–Crippen LogP) is -0.123. The lowest BCUT2D eigenvalue weighted by molar-refractivity contribution is 0.122. The Bertz CT molecular complexity index is 228. The van der Waals surface area contributed by atoms with Crippen LogP contribution in [0, 0.1) is 0 Å². The minimum atomic E-state index is -2.42. The summed E-state index contributed by atoms with van der Waals surface area (Å²) in [7, 11) is 2.54. The Morgan fingerprint density at radius 1 is 1.16 bits per heavy atom. The average Bonchev–Trinajstić information content (AvgIpc) is 2.45. The van der Waals surface area contributed by atoms with Crippen molar-refractivity contribution in [2.45, 2.75) is 24.9 Å². The lowest BCUT2D eigenvalue weighted by Crippen LogP contribution is -2.48. The fourth-order valence-electron chi connectivity index (χ4n) is 2.45. The molecule has 114 valence electrons. The molecule has 0 spiro atoms. The molecule has 1 heterocycles. The number of nitrogens with one attached hydrogen (secondary N) is 1. The number of nitrogens with zero attached hydrogens (tertiary/aromatic N) is 1. The highest BCUT2D eigenvalue weighted by molar-refractivity contribution is 6.60. The second-order valence-corrected chi connectivity index (χ2v) is 8.09. The van der Waals surface area contributed by atoms with Crippen molar-refractivity contribution in [3.05, 3.63) is 0 Å². The van der Waals surface area contributed by atoms with E-state index >= 15 is 0 Å². The first-order valence-electron chi connectivity index (χ1n) is 7.00. The molecule has 0 saturated carbocycles. The topological polar surface area (TPSA) is 69.0 Å². The second kappa shape index (κ2) is 9.01. The van der Waals surface area contributed by atoms with Crippen molar-refractivity contribution >= 4 is 8.80 Å². The molecule has 3 N–H and O–H groups in total. The van der Waals surface area contributed by atoms with Gasteiger partial charge in [0.2, 0.25) is 0 Å². The normalized spacial score (nSPS) is 19.6. The van der Waals surface area contributed by atoms with Gasteiger partial charge in [-0.05, 0) is 12.8 Å². The van der Waals surface area contributed by atoms with Crippen LogP contribution in [0.2, 0.25) is 6.04 Å². The monoisotopic (exact) mass is 291 g/mol. The van der Waals surface area contributed by atoms with Gasteiger partial charge >= 0.3 is 8.80 Å². The molecule has 0 aliphatic carbocycles. The zero-order chi connectivity index (χ0) is 14.1. The van der Waals surface area contributed by atoms with Crippen LogP contribution in [0.4, 0.5) is 0 Å². The quantitative estimate of drug-likeness (QED) is 0.577. The Hall–Kier alpha value is -0.0231. The number of nitrogens with two attached hydrogens (primary N) is 1. The van der Waals surface area contributed by atoms with E-state index in [1.165, 1.54) is 0 Å². The third-order valence-electron chi connectivity index (χ3n) is 3.69. The van der Waals surface area contributed by atoms with Crippen molar-refractivity contribution in [1.29, 1.82) is 0 Å². The molecule has 1 rings (SSSR count). The molecule has 1 unspecified atom stereocenters. The van der Waals surface area contributed by atoms with Gasteiger partial charge in [-0.3, -0.25) is 4.90 Å². The molecule has 19 heavy (non-hydrogen) atoms. The first kappa shape index (κ1) is 17.0. The number of hydrogen-bond acceptors (Lipinski definition) is 6. The maximum Gasteiger partial charge on any atom is 0.500 e. The maximum absolute atomic E-state index is 6.19. The summed E-state index contributed by atoms with van der Waals surface area (Å²) < 4.78 is 16.2. The van der Waals surface area contributed by atoms with E-state index in [9.17, 15) is 0 Å². The average molecular weight is 291 g/mol. The lowest BCUT2D eigenvalue weighted by atomic mass is 10.1. The molecule has 0 aromatic carbocycles. The van der Waals surface area contributed by atoms with Gasteiger partial charge in [0.15, 0.2) is 0 Å². The molecule has 0 amide bonds. The molecule has 1 aliphatic heterocycles. The van der Waals surface area contributed by atoms with E-state index in [0.29, 0.717) is 0 Å². The minimum Gasteiger partial charge on any atom is -0.377 e. The summed E-state index contributed by atoms with van der Waals surface area (Å²) in [6.45, 7) is 5.31. The molecule has 7 heteroatoms. The minimum absolute atomic E-state index is 0.218. The molecule has 1 saturated heterocycles. The van der Waals surface area contributed by atoms with Gasteiger partial charge in [0.1, 0.15) is 0 Å². The van der Waals surface area contributed by atoms with E-state index in [1.54, 1.807) is 21.3 Å². The number of hydrogen-bond donors (Lipinski definition) is 2. The van der Waals surface area contributed by atoms with Crippen molar-refractivity contribution in [3.8, 4) is 0 Å². The molecule has 0 aromatic heterocycles. The van der Waals surface area contributed by atoms with Crippen molar-refractivity contribution in [2.75, 3.05) is 54.1 Å². The van der Waals surface area contributed by atoms with Crippen molar-refractivity contribution in [2.24, 2.45) is 5.73 Å². The van der Waals surface area contributed by atoms with Gasteiger partial charge in [-0.15, -0.1) is 0 Å². The standard InChI is InChI=1S/C12H29N3O3Si/c1-16-19(17-2,18-3)10-4-5-12(13)11-15-8-6-14-7-9-15/h12,14H,4-11,13H2,1-3H3. The third-order valence-corrected chi connectivity index (χ3v) is 6.53. The summed E-state index contributed by atoms with van der Waals surface area (Å²) in [6.07, 6.45) is 1.96. The Kier molecular flexibility index (Phi) is 8.08. The van der Waals surface area contributed by atoms with Gasteiger partial charge in [-0.25, -0.2) is 0 Å². The Morgan fingerprint density at radius 3 is 2.26 bits per heavy atom. The van der Waals surface area contributed by atoms with Gasteiger partial charge in [0.05, 0.1) is 0 Å². The van der Waals surface area contributed by atoms with E-state index in [2.05, 4.69) is 10.2 Å². The molecule has 0 radical (unpaired) electrons. The highest BCUT2D eigenvalue weighted by atomic mass is 28.4. The molecule has 1 aliphatic rings. The van der Waals surface area contributed by atoms with Crippen LogP contribution in [-0.2, 0) is 13.3 Å². The third kappa shape index (κ3) is 5.86. The summed E-state index contributed by atoms with van der Waals surface area (Å²) in [5.41, 5.74) is 6.19.